The number of aromatic nitrogens is 1. The predicted molar refractivity (Wildman–Crippen MR) is 207 cm³/mol. The van der Waals surface area contributed by atoms with E-state index in [1.807, 2.05) is 47.4 Å². The van der Waals surface area contributed by atoms with Crippen LogP contribution in [0.3, 0.4) is 0 Å². The topological polar surface area (TPSA) is 164 Å². The molecule has 1 aromatic carbocycles. The van der Waals surface area contributed by atoms with E-state index < -0.39 is 23.9 Å². The molecule has 12 nitrogen and oxygen atoms in total. The number of nitrogens with one attached hydrogen (secondary N) is 1. The van der Waals surface area contributed by atoms with Crippen LogP contribution in [0.1, 0.15) is 120 Å². The Kier molecular flexibility index (Phi) is 24.6. The van der Waals surface area contributed by atoms with Gasteiger partial charge >= 0.3 is 57.8 Å². The van der Waals surface area contributed by atoms with Crippen LogP contribution in [0.5, 0.6) is 0 Å². The molecule has 299 valence electrons. The summed E-state index contributed by atoms with van der Waals surface area (Å²) in [6.45, 7) is 3.56. The molecule has 54 heavy (non-hydrogen) atoms. The number of aliphatic carboxylic acids is 3. The molecule has 1 amide bonds. The van der Waals surface area contributed by atoms with Crippen molar-refractivity contribution < 1.29 is 74.4 Å². The average Bonchev–Trinajstić information content (AvgIpc) is 3.11. The van der Waals surface area contributed by atoms with Gasteiger partial charge in [-0.05, 0) is 49.1 Å². The molecule has 0 saturated carbocycles. The van der Waals surface area contributed by atoms with Crippen molar-refractivity contribution in [1.29, 1.82) is 0 Å². The van der Waals surface area contributed by atoms with E-state index in [1.54, 1.807) is 9.80 Å². The minimum Gasteiger partial charge on any atom is -0.480 e. The summed E-state index contributed by atoms with van der Waals surface area (Å²) in [5, 5.41) is 32.3. The minimum atomic E-state index is -1.01. The van der Waals surface area contributed by atoms with E-state index in [9.17, 15) is 34.5 Å². The molecular formula is C41H63GdN5O7+3. The third-order valence-electron chi connectivity index (χ3n) is 9.95. The number of nitrogens with zero attached hydrogens (tertiary/aromatic N) is 4. The Morgan fingerprint density at radius 3 is 1.78 bits per heavy atom. The van der Waals surface area contributed by atoms with Gasteiger partial charge in [-0.25, -0.2) is 0 Å². The summed E-state index contributed by atoms with van der Waals surface area (Å²) < 4.78 is 0. The van der Waals surface area contributed by atoms with Crippen molar-refractivity contribution in [3.05, 3.63) is 59.4 Å². The molecule has 1 aromatic heterocycles. The van der Waals surface area contributed by atoms with Crippen LogP contribution < -0.4 is 5.32 Å². The Morgan fingerprint density at radius 2 is 1.20 bits per heavy atom. The van der Waals surface area contributed by atoms with Gasteiger partial charge in [0.15, 0.2) is 0 Å². The number of rotatable bonds is 24. The van der Waals surface area contributed by atoms with Crippen LogP contribution >= 0.6 is 0 Å². The summed E-state index contributed by atoms with van der Waals surface area (Å²) in [6.07, 6.45) is 17.8. The normalized spacial score (nSPS) is 15.0. The maximum atomic E-state index is 12.7. The molecule has 1 radical (unpaired) electrons. The van der Waals surface area contributed by atoms with E-state index in [0.717, 1.165) is 24.1 Å². The number of carbonyl (C=O) groups excluding carboxylic acids is 1. The molecule has 1 aliphatic rings. The number of aryl methyl sites for hydroxylation is 1. The summed E-state index contributed by atoms with van der Waals surface area (Å²) in [5.41, 5.74) is 3.00. The van der Waals surface area contributed by atoms with Crippen LogP contribution in [-0.4, -0.2) is 104 Å². The predicted octanol–water partition coefficient (Wildman–Crippen LogP) is 6.68. The summed E-state index contributed by atoms with van der Waals surface area (Å²) in [7, 11) is 0. The van der Waals surface area contributed by atoms with Crippen molar-refractivity contribution in [2.24, 2.45) is 0 Å². The van der Waals surface area contributed by atoms with Gasteiger partial charge in [0.25, 0.3) is 0 Å². The molecule has 2 heterocycles. The molecule has 3 rings (SSSR count). The fraction of sp³-hybridized carbons (Fsp3) is 0.634. The second-order valence-electron chi connectivity index (χ2n) is 14.5. The second-order valence-corrected chi connectivity index (χ2v) is 14.5. The number of carbonyl (C=O) groups is 4. The minimum absolute atomic E-state index is 0. The number of hydrogen-bond acceptors (Lipinski definition) is 8. The van der Waals surface area contributed by atoms with E-state index in [-0.39, 0.29) is 72.0 Å². The Morgan fingerprint density at radius 1 is 0.685 bits per heavy atom. The number of amides is 1. The molecule has 0 spiro atoms. The second kappa shape index (κ2) is 27.9. The zero-order chi connectivity index (χ0) is 38.3. The summed E-state index contributed by atoms with van der Waals surface area (Å²) >= 11 is 0. The quantitative estimate of drug-likeness (QED) is 0.0833. The number of hydrogen-bond donors (Lipinski definition) is 4. The van der Waals surface area contributed by atoms with Crippen molar-refractivity contribution >= 4 is 29.5 Å². The SMILES string of the molecule is CCCCCCCCCCCCCCCC(=O)Nc1ccc(CCC(C(=O)O)N2CCN(CC(=O)O)CCN(CC(=O)O)Cc3cccc(n3)C2)cc1.[Gd+3]. The van der Waals surface area contributed by atoms with Gasteiger partial charge in [-0.1, -0.05) is 102 Å². The molecule has 13 heteroatoms. The van der Waals surface area contributed by atoms with Crippen molar-refractivity contribution in [1.82, 2.24) is 19.7 Å². The molecular weight excluding hydrogens is 832 g/mol. The maximum Gasteiger partial charge on any atom is 3.00 e. The van der Waals surface area contributed by atoms with E-state index in [1.165, 1.54) is 70.6 Å². The molecule has 2 aromatic rings. The molecule has 0 fully saturated rings. The Labute approximate surface area is 354 Å². The van der Waals surface area contributed by atoms with Crippen molar-refractivity contribution in [3.63, 3.8) is 0 Å². The van der Waals surface area contributed by atoms with Crippen LogP contribution in [0, 0.1) is 39.9 Å². The first-order valence-electron chi connectivity index (χ1n) is 19.8. The summed E-state index contributed by atoms with van der Waals surface area (Å²) in [5.74, 6) is -2.95. The van der Waals surface area contributed by atoms with Crippen LogP contribution in [-0.2, 0) is 38.7 Å². The molecule has 0 saturated heterocycles. The number of benzene rings is 1. The largest absolute Gasteiger partial charge is 3.00 e. The Bertz CT molecular complexity index is 1400. The molecule has 2 bridgehead atoms. The van der Waals surface area contributed by atoms with E-state index in [2.05, 4.69) is 12.2 Å². The smallest absolute Gasteiger partial charge is 0.480 e. The van der Waals surface area contributed by atoms with Crippen LogP contribution in [0.15, 0.2) is 42.5 Å². The van der Waals surface area contributed by atoms with Crippen molar-refractivity contribution in [2.75, 3.05) is 44.6 Å². The van der Waals surface area contributed by atoms with Gasteiger partial charge in [0.2, 0.25) is 5.91 Å². The number of carboxylic acids is 3. The van der Waals surface area contributed by atoms with E-state index in [4.69, 9.17) is 4.98 Å². The number of unbranched alkanes of at least 4 members (excludes halogenated alkanes) is 12. The van der Waals surface area contributed by atoms with Gasteiger partial charge < -0.3 is 20.6 Å². The van der Waals surface area contributed by atoms with Crippen molar-refractivity contribution in [2.45, 2.75) is 129 Å². The molecule has 1 atom stereocenters. The Balaban J connectivity index is 0.0000101. The van der Waals surface area contributed by atoms with Gasteiger partial charge in [-0.2, -0.15) is 0 Å². The first-order valence-corrected chi connectivity index (χ1v) is 19.8. The van der Waals surface area contributed by atoms with Crippen LogP contribution in [0.25, 0.3) is 0 Å². The van der Waals surface area contributed by atoms with Gasteiger partial charge in [-0.3, -0.25) is 38.9 Å². The van der Waals surface area contributed by atoms with Crippen molar-refractivity contribution in [3.8, 4) is 0 Å². The van der Waals surface area contributed by atoms with Gasteiger partial charge in [0.05, 0.1) is 24.5 Å². The zero-order valence-corrected chi connectivity index (χ0v) is 34.5. The summed E-state index contributed by atoms with van der Waals surface area (Å²) in [4.78, 5) is 58.4. The molecule has 0 aliphatic carbocycles. The first kappa shape index (κ1) is 47.6. The third kappa shape index (κ3) is 20.4. The maximum absolute atomic E-state index is 12.7. The number of fused-ring (bicyclic) bond motifs is 2. The van der Waals surface area contributed by atoms with E-state index >= 15 is 0 Å². The van der Waals surface area contributed by atoms with Crippen LogP contribution in [0.2, 0.25) is 0 Å². The first-order chi connectivity index (χ1) is 25.6. The third-order valence-corrected chi connectivity index (χ3v) is 9.95. The van der Waals surface area contributed by atoms with E-state index in [0.29, 0.717) is 56.8 Å². The zero-order valence-electron chi connectivity index (χ0n) is 32.2. The monoisotopic (exact) mass is 895 g/mol. The van der Waals surface area contributed by atoms with Gasteiger partial charge in [0, 0.05) is 51.4 Å². The molecule has 4 N–H and O–H groups in total. The Hall–Kier alpha value is -2.55. The molecule has 1 aliphatic heterocycles. The number of pyridine rings is 1. The number of carboxylic acid groups (broad SMARTS) is 3. The number of anilines is 1. The fourth-order valence-electron chi connectivity index (χ4n) is 6.95. The average molecular weight is 895 g/mol. The molecule has 1 unspecified atom stereocenters. The van der Waals surface area contributed by atoms with Gasteiger partial charge in [0.1, 0.15) is 6.04 Å². The summed E-state index contributed by atoms with van der Waals surface area (Å²) in [6, 6.07) is 12.2. The standard InChI is InChI=1S/C41H63N5O7.Gd/c1-2-3-4-5-6-7-8-9-10-11-12-13-14-18-38(47)43-34-22-19-33(20-23-34)21-24-37(41(52)53)46-28-27-44(31-39(48)49)25-26-45(32-40(50)51)29-35-16-15-17-36(30-46)42-35;/h15-17,19-20,22-23,37H,2-14,18,21,24-32H2,1H3,(H,43,47)(H,48,49)(H,50,51)(H,52,53);/q;+3. The van der Waals surface area contributed by atoms with Gasteiger partial charge in [-0.15, -0.1) is 0 Å². The van der Waals surface area contributed by atoms with Crippen LogP contribution in [0.4, 0.5) is 5.69 Å². The fourth-order valence-corrected chi connectivity index (χ4v) is 6.95.